The van der Waals surface area contributed by atoms with Crippen LogP contribution in [0.25, 0.3) is 0 Å². The summed E-state index contributed by atoms with van der Waals surface area (Å²) in [5.74, 6) is -5.39. The second kappa shape index (κ2) is 10.7. The number of carbonyl (C=O) groups is 3. The van der Waals surface area contributed by atoms with E-state index in [0.29, 0.717) is 12.0 Å². The zero-order valence-electron chi connectivity index (χ0n) is 22.7. The van der Waals surface area contributed by atoms with Crippen LogP contribution in [0.1, 0.15) is 48.8 Å². The van der Waals surface area contributed by atoms with Crippen molar-refractivity contribution in [3.8, 4) is 6.07 Å². The van der Waals surface area contributed by atoms with Gasteiger partial charge in [-0.1, -0.05) is 35.9 Å². The SMILES string of the molecule is N#Cc1ccnc(N2C(=O)CC[C@H]2C(=O)N(c2cc(F)cc(Cl)c2)[C@]2(C(=O)NC3CC(F)(F)C3)CCc3ccccc32)c1. The highest BCUT2D eigenvalue weighted by atomic mass is 35.5. The van der Waals surface area contributed by atoms with Gasteiger partial charge in [0.15, 0.2) is 5.54 Å². The van der Waals surface area contributed by atoms with E-state index in [1.807, 2.05) is 12.1 Å². The molecule has 8 nitrogen and oxygen atoms in total. The fourth-order valence-corrected chi connectivity index (χ4v) is 6.62. The zero-order valence-corrected chi connectivity index (χ0v) is 23.5. The Kier molecular flexibility index (Phi) is 7.13. The summed E-state index contributed by atoms with van der Waals surface area (Å²) in [6.45, 7) is 0. The van der Waals surface area contributed by atoms with E-state index in [2.05, 4.69) is 10.3 Å². The molecule has 3 aliphatic rings. The molecule has 1 aliphatic heterocycles. The summed E-state index contributed by atoms with van der Waals surface area (Å²) < 4.78 is 42.4. The van der Waals surface area contributed by atoms with Crippen LogP contribution in [0.3, 0.4) is 0 Å². The number of pyridine rings is 1. The standard InChI is InChI=1S/C31H25ClF3N5O3/c32-20-12-21(33)14-23(13-20)40(28(42)25-5-6-27(41)39(25)26-11-18(17-36)8-10-37-26)31(9-7-19-3-1-2-4-24(19)31)29(43)38-22-15-30(34,35)16-22/h1-4,8,10-14,22,25H,5-7,9,15-16H2,(H,38,43)/t25-,31+/m0/s1. The minimum absolute atomic E-state index is 0.0143. The number of carbonyl (C=O) groups excluding carboxylic acids is 3. The molecule has 3 aromatic rings. The molecule has 12 heteroatoms. The third-order valence-corrected chi connectivity index (χ3v) is 8.56. The first kappa shape index (κ1) is 28.7. The first-order chi connectivity index (χ1) is 20.5. The minimum Gasteiger partial charge on any atom is -0.351 e. The first-order valence-electron chi connectivity index (χ1n) is 13.8. The molecule has 1 saturated heterocycles. The number of hydrogen-bond acceptors (Lipinski definition) is 5. The molecule has 43 heavy (non-hydrogen) atoms. The summed E-state index contributed by atoms with van der Waals surface area (Å²) in [7, 11) is 0. The van der Waals surface area contributed by atoms with Gasteiger partial charge in [0.1, 0.15) is 17.7 Å². The molecule has 0 bridgehead atoms. The van der Waals surface area contributed by atoms with Crippen molar-refractivity contribution in [2.45, 2.75) is 62.1 Å². The third kappa shape index (κ3) is 4.99. The van der Waals surface area contributed by atoms with Gasteiger partial charge in [0, 0.05) is 42.2 Å². The Hall–Kier alpha value is -4.43. The van der Waals surface area contributed by atoms with Crippen LogP contribution in [-0.4, -0.2) is 40.7 Å². The van der Waals surface area contributed by atoms with Crippen molar-refractivity contribution >= 4 is 40.8 Å². The Bertz CT molecular complexity index is 1670. The zero-order chi connectivity index (χ0) is 30.5. The predicted octanol–water partition coefficient (Wildman–Crippen LogP) is 5.03. The van der Waals surface area contributed by atoms with Gasteiger partial charge in [0.05, 0.1) is 11.6 Å². The van der Waals surface area contributed by atoms with E-state index in [4.69, 9.17) is 11.6 Å². The molecule has 220 valence electrons. The number of nitrogens with zero attached hydrogens (tertiary/aromatic N) is 4. The number of nitrogens with one attached hydrogen (secondary N) is 1. The summed E-state index contributed by atoms with van der Waals surface area (Å²) in [5, 5.41) is 12.1. The third-order valence-electron chi connectivity index (χ3n) is 8.35. The normalized spacial score (nSPS) is 22.4. The quantitative estimate of drug-likeness (QED) is 0.423. The molecule has 0 radical (unpaired) electrons. The number of benzene rings is 2. The molecular formula is C31H25ClF3N5O3. The van der Waals surface area contributed by atoms with Gasteiger partial charge in [-0.15, -0.1) is 0 Å². The molecule has 1 aromatic heterocycles. The van der Waals surface area contributed by atoms with Crippen molar-refractivity contribution in [1.82, 2.24) is 10.3 Å². The summed E-state index contributed by atoms with van der Waals surface area (Å²) >= 11 is 6.25. The Morgan fingerprint density at radius 2 is 1.88 bits per heavy atom. The first-order valence-corrected chi connectivity index (χ1v) is 14.2. The molecule has 1 saturated carbocycles. The lowest BCUT2D eigenvalue weighted by molar-refractivity contribution is -0.137. The summed E-state index contributed by atoms with van der Waals surface area (Å²) in [6.07, 6.45) is 0.759. The highest BCUT2D eigenvalue weighted by Gasteiger charge is 2.57. The fourth-order valence-electron chi connectivity index (χ4n) is 6.41. The van der Waals surface area contributed by atoms with Crippen LogP contribution >= 0.6 is 11.6 Å². The number of halogens is 4. The number of nitriles is 1. The topological polar surface area (TPSA) is 106 Å². The van der Waals surface area contributed by atoms with Gasteiger partial charge < -0.3 is 5.32 Å². The van der Waals surface area contributed by atoms with Crippen LogP contribution in [0.2, 0.25) is 5.02 Å². The number of amides is 3. The van der Waals surface area contributed by atoms with Crippen LogP contribution in [0, 0.1) is 17.1 Å². The lowest BCUT2D eigenvalue weighted by Crippen LogP contribution is -2.64. The van der Waals surface area contributed by atoms with Crippen molar-refractivity contribution in [3.05, 3.63) is 88.3 Å². The maximum absolute atomic E-state index is 14.9. The second-order valence-electron chi connectivity index (χ2n) is 11.1. The van der Waals surface area contributed by atoms with Crippen molar-refractivity contribution in [3.63, 3.8) is 0 Å². The number of rotatable bonds is 6. The lowest BCUT2D eigenvalue weighted by Gasteiger charge is -2.45. The largest absolute Gasteiger partial charge is 0.351 e. The molecular weight excluding hydrogens is 583 g/mol. The van der Waals surface area contributed by atoms with E-state index in [1.54, 1.807) is 18.2 Å². The highest BCUT2D eigenvalue weighted by Crippen LogP contribution is 2.47. The van der Waals surface area contributed by atoms with Crippen molar-refractivity contribution in [1.29, 1.82) is 5.26 Å². The average Bonchev–Trinajstić information content (AvgIpc) is 3.53. The molecule has 2 aromatic carbocycles. The Balaban J connectivity index is 1.51. The highest BCUT2D eigenvalue weighted by molar-refractivity contribution is 6.31. The summed E-state index contributed by atoms with van der Waals surface area (Å²) in [6, 6.07) is 13.3. The molecule has 6 rings (SSSR count). The molecule has 2 aliphatic carbocycles. The van der Waals surface area contributed by atoms with Crippen LogP contribution in [-0.2, 0) is 26.3 Å². The number of alkyl halides is 2. The predicted molar refractivity (Wildman–Crippen MR) is 151 cm³/mol. The van der Waals surface area contributed by atoms with Gasteiger partial charge in [-0.05, 0) is 60.7 Å². The van der Waals surface area contributed by atoms with Crippen molar-refractivity contribution in [2.75, 3.05) is 9.80 Å². The lowest BCUT2D eigenvalue weighted by atomic mass is 9.83. The van der Waals surface area contributed by atoms with E-state index in [9.17, 15) is 32.8 Å². The number of fused-ring (bicyclic) bond motifs is 1. The van der Waals surface area contributed by atoms with Gasteiger partial charge in [-0.25, -0.2) is 18.2 Å². The minimum atomic E-state index is -2.90. The van der Waals surface area contributed by atoms with Crippen LogP contribution in [0.15, 0.2) is 60.8 Å². The molecule has 0 spiro atoms. The Morgan fingerprint density at radius 1 is 1.12 bits per heavy atom. The van der Waals surface area contributed by atoms with E-state index >= 15 is 0 Å². The molecule has 2 heterocycles. The maximum Gasteiger partial charge on any atom is 0.252 e. The van der Waals surface area contributed by atoms with Gasteiger partial charge >= 0.3 is 0 Å². The van der Waals surface area contributed by atoms with Gasteiger partial charge in [0.25, 0.3) is 17.7 Å². The molecule has 0 unspecified atom stereocenters. The summed E-state index contributed by atoms with van der Waals surface area (Å²) in [4.78, 5) is 48.9. The molecule has 3 amide bonds. The second-order valence-corrected chi connectivity index (χ2v) is 11.5. The smallest absolute Gasteiger partial charge is 0.252 e. The number of aromatic nitrogens is 1. The molecule has 1 N–H and O–H groups in total. The van der Waals surface area contributed by atoms with Gasteiger partial charge in [0.2, 0.25) is 5.91 Å². The van der Waals surface area contributed by atoms with Crippen LogP contribution < -0.4 is 15.1 Å². The number of anilines is 2. The average molecular weight is 608 g/mol. The molecule has 2 fully saturated rings. The van der Waals surface area contributed by atoms with Crippen LogP contribution in [0.5, 0.6) is 0 Å². The van der Waals surface area contributed by atoms with E-state index in [-0.39, 0.29) is 41.4 Å². The summed E-state index contributed by atoms with van der Waals surface area (Å²) in [5.41, 5.74) is -0.344. The van der Waals surface area contributed by atoms with Crippen molar-refractivity contribution in [2.24, 2.45) is 0 Å². The number of hydrogen-bond donors (Lipinski definition) is 1. The van der Waals surface area contributed by atoms with Crippen LogP contribution in [0.4, 0.5) is 24.7 Å². The van der Waals surface area contributed by atoms with E-state index < -0.39 is 59.9 Å². The molecule has 2 atom stereocenters. The fraction of sp³-hybridized carbons (Fsp3) is 0.323. The van der Waals surface area contributed by atoms with E-state index in [1.165, 1.54) is 34.2 Å². The van der Waals surface area contributed by atoms with Gasteiger partial charge in [-0.2, -0.15) is 5.26 Å². The monoisotopic (exact) mass is 607 g/mol. The van der Waals surface area contributed by atoms with Gasteiger partial charge in [-0.3, -0.25) is 24.2 Å². The Morgan fingerprint density at radius 3 is 2.60 bits per heavy atom. The van der Waals surface area contributed by atoms with E-state index in [0.717, 1.165) is 17.7 Å². The van der Waals surface area contributed by atoms with Crippen molar-refractivity contribution < 1.29 is 27.6 Å². The maximum atomic E-state index is 14.9. The number of aryl methyl sites for hydroxylation is 1. The Labute approximate surface area is 250 Å².